The topological polar surface area (TPSA) is 69.6 Å². The molecule has 0 aliphatic carbocycles. The first kappa shape index (κ1) is 14.1. The number of hydrogen-bond acceptors (Lipinski definition) is 4. The van der Waals surface area contributed by atoms with Crippen molar-refractivity contribution in [3.8, 4) is 0 Å². The van der Waals surface area contributed by atoms with Crippen LogP contribution in [0.1, 0.15) is 33.6 Å². The third-order valence-electron chi connectivity index (χ3n) is 2.83. The normalized spacial score (nSPS) is 23.4. The van der Waals surface area contributed by atoms with Crippen LogP contribution in [0.2, 0.25) is 0 Å². The van der Waals surface area contributed by atoms with Gasteiger partial charge in [-0.3, -0.25) is 14.5 Å². The van der Waals surface area contributed by atoms with Crippen LogP contribution in [0.4, 0.5) is 0 Å². The molecule has 17 heavy (non-hydrogen) atoms. The third-order valence-corrected chi connectivity index (χ3v) is 2.83. The molecular formula is C12H22N2O3. The summed E-state index contributed by atoms with van der Waals surface area (Å²) < 4.78 is 0. The van der Waals surface area contributed by atoms with Gasteiger partial charge in [0.1, 0.15) is 0 Å². The maximum Gasteiger partial charge on any atom is 0.246 e. The molecular weight excluding hydrogens is 220 g/mol. The number of nitrogens with zero attached hydrogens (tertiary/aromatic N) is 1. The molecule has 0 radical (unpaired) electrons. The second-order valence-electron chi connectivity index (χ2n) is 5.87. The van der Waals surface area contributed by atoms with Crippen LogP contribution in [-0.2, 0) is 9.59 Å². The van der Waals surface area contributed by atoms with Gasteiger partial charge in [-0.15, -0.1) is 0 Å². The molecule has 2 atom stereocenters. The highest BCUT2D eigenvalue weighted by atomic mass is 16.3. The Balaban J connectivity index is 2.37. The van der Waals surface area contributed by atoms with Crippen molar-refractivity contribution in [2.45, 2.75) is 45.8 Å². The lowest BCUT2D eigenvalue weighted by atomic mass is 9.89. The third kappa shape index (κ3) is 4.09. The minimum absolute atomic E-state index is 0.0490. The highest BCUT2D eigenvalue weighted by molar-refractivity contribution is 6.05. The summed E-state index contributed by atoms with van der Waals surface area (Å²) in [7, 11) is 1.48. The minimum atomic E-state index is -0.496. The molecule has 1 saturated heterocycles. The molecule has 0 saturated carbocycles. The van der Waals surface area contributed by atoms with Gasteiger partial charge >= 0.3 is 0 Å². The van der Waals surface area contributed by atoms with Crippen molar-refractivity contribution < 1.29 is 14.7 Å². The van der Waals surface area contributed by atoms with Gasteiger partial charge in [0, 0.05) is 13.6 Å². The number of rotatable bonds is 4. The van der Waals surface area contributed by atoms with E-state index in [9.17, 15) is 14.7 Å². The highest BCUT2D eigenvalue weighted by Crippen LogP contribution is 2.20. The van der Waals surface area contributed by atoms with Gasteiger partial charge in [0.05, 0.1) is 18.6 Å². The molecule has 2 unspecified atom stereocenters. The van der Waals surface area contributed by atoms with Gasteiger partial charge in [0.2, 0.25) is 11.8 Å². The first-order chi connectivity index (χ1) is 7.70. The highest BCUT2D eigenvalue weighted by Gasteiger charge is 2.35. The lowest BCUT2D eigenvalue weighted by Crippen LogP contribution is -2.41. The monoisotopic (exact) mass is 242 g/mol. The number of carbonyl (C=O) groups is 2. The summed E-state index contributed by atoms with van der Waals surface area (Å²) in [5.74, 6) is -0.379. The van der Waals surface area contributed by atoms with E-state index >= 15 is 0 Å². The lowest BCUT2D eigenvalue weighted by Gasteiger charge is -2.23. The van der Waals surface area contributed by atoms with Crippen molar-refractivity contribution >= 4 is 11.8 Å². The van der Waals surface area contributed by atoms with E-state index in [-0.39, 0.29) is 23.7 Å². The average molecular weight is 242 g/mol. The molecule has 0 aromatic rings. The minimum Gasteiger partial charge on any atom is -0.392 e. The Kier molecular flexibility index (Phi) is 4.27. The van der Waals surface area contributed by atoms with Crippen LogP contribution in [0, 0.1) is 5.41 Å². The van der Waals surface area contributed by atoms with Crippen LogP contribution in [0.15, 0.2) is 0 Å². The average Bonchev–Trinajstić information content (AvgIpc) is 2.40. The Labute approximate surface area is 102 Å². The number of likely N-dealkylation sites (N-methyl/N-ethyl adjacent to an activating group) is 1. The number of hydrogen-bond donors (Lipinski definition) is 2. The van der Waals surface area contributed by atoms with Crippen molar-refractivity contribution in [2.24, 2.45) is 5.41 Å². The standard InChI is InChI=1S/C12H22N2O3/c1-12(2,3)6-8(15)7-13-9-5-10(16)14(4)11(9)17/h8-9,13,15H,5-7H2,1-4H3. The molecule has 1 fully saturated rings. The van der Waals surface area contributed by atoms with Gasteiger partial charge < -0.3 is 10.4 Å². The first-order valence-electron chi connectivity index (χ1n) is 5.92. The Hall–Kier alpha value is -0.940. The van der Waals surface area contributed by atoms with Crippen molar-refractivity contribution in [3.63, 3.8) is 0 Å². The molecule has 0 aromatic carbocycles. The molecule has 0 bridgehead atoms. The van der Waals surface area contributed by atoms with E-state index in [4.69, 9.17) is 0 Å². The molecule has 0 spiro atoms. The SMILES string of the molecule is CN1C(=O)CC(NCC(O)CC(C)(C)C)C1=O. The molecule has 2 N–H and O–H groups in total. The molecule has 5 heteroatoms. The molecule has 0 aromatic heterocycles. The van der Waals surface area contributed by atoms with E-state index in [0.717, 1.165) is 4.90 Å². The predicted octanol–water partition coefficient (Wildman–Crippen LogP) is 0.130. The summed E-state index contributed by atoms with van der Waals surface area (Å²) in [6, 6.07) is -0.470. The molecule has 5 nitrogen and oxygen atoms in total. The fraction of sp³-hybridized carbons (Fsp3) is 0.833. The fourth-order valence-corrected chi connectivity index (χ4v) is 1.97. The van der Waals surface area contributed by atoms with Gasteiger partial charge in [-0.05, 0) is 11.8 Å². The fourth-order valence-electron chi connectivity index (χ4n) is 1.97. The van der Waals surface area contributed by atoms with Crippen molar-refractivity contribution in [1.29, 1.82) is 0 Å². The van der Waals surface area contributed by atoms with E-state index in [1.165, 1.54) is 7.05 Å². The Morgan fingerprint density at radius 2 is 2.06 bits per heavy atom. The number of likely N-dealkylation sites (tertiary alicyclic amines) is 1. The summed E-state index contributed by atoms with van der Waals surface area (Å²) in [5, 5.41) is 12.7. The number of carbonyl (C=O) groups excluding carboxylic acids is 2. The van der Waals surface area contributed by atoms with Crippen LogP contribution in [-0.4, -0.2) is 47.6 Å². The molecule has 1 aliphatic rings. The zero-order valence-electron chi connectivity index (χ0n) is 11.0. The van der Waals surface area contributed by atoms with Gasteiger partial charge in [-0.1, -0.05) is 20.8 Å². The van der Waals surface area contributed by atoms with Crippen LogP contribution >= 0.6 is 0 Å². The molecule has 1 heterocycles. The summed E-state index contributed by atoms with van der Waals surface area (Å²) in [5.41, 5.74) is 0.0490. The van der Waals surface area contributed by atoms with Gasteiger partial charge in [-0.2, -0.15) is 0 Å². The zero-order chi connectivity index (χ0) is 13.2. The summed E-state index contributed by atoms with van der Waals surface area (Å²) >= 11 is 0. The number of aliphatic hydroxyl groups excluding tert-OH is 1. The second kappa shape index (κ2) is 5.14. The second-order valence-corrected chi connectivity index (χ2v) is 5.87. The number of nitrogens with one attached hydrogen (secondary N) is 1. The predicted molar refractivity (Wildman–Crippen MR) is 64.3 cm³/mol. The number of amides is 2. The smallest absolute Gasteiger partial charge is 0.246 e. The van der Waals surface area contributed by atoms with Gasteiger partial charge in [-0.25, -0.2) is 0 Å². The van der Waals surface area contributed by atoms with Crippen LogP contribution in [0.5, 0.6) is 0 Å². The maximum atomic E-state index is 11.6. The van der Waals surface area contributed by atoms with E-state index in [1.54, 1.807) is 0 Å². The van der Waals surface area contributed by atoms with Crippen LogP contribution < -0.4 is 5.32 Å². The van der Waals surface area contributed by atoms with E-state index in [0.29, 0.717) is 13.0 Å². The summed E-state index contributed by atoms with van der Waals surface area (Å²) in [6.07, 6.45) is 0.353. The van der Waals surface area contributed by atoms with Gasteiger partial charge in [0.15, 0.2) is 0 Å². The Bertz CT molecular complexity index is 309. The summed E-state index contributed by atoms with van der Waals surface area (Å²) in [6.45, 7) is 6.49. The Morgan fingerprint density at radius 3 is 2.47 bits per heavy atom. The summed E-state index contributed by atoms with van der Waals surface area (Å²) in [4.78, 5) is 24.0. The van der Waals surface area contributed by atoms with E-state index in [2.05, 4.69) is 5.32 Å². The molecule has 1 aliphatic heterocycles. The Morgan fingerprint density at radius 1 is 1.47 bits per heavy atom. The quantitative estimate of drug-likeness (QED) is 0.688. The molecule has 2 amide bonds. The van der Waals surface area contributed by atoms with Crippen molar-refractivity contribution in [2.75, 3.05) is 13.6 Å². The van der Waals surface area contributed by atoms with Crippen molar-refractivity contribution in [3.05, 3.63) is 0 Å². The maximum absolute atomic E-state index is 11.6. The number of imide groups is 1. The van der Waals surface area contributed by atoms with Crippen LogP contribution in [0.3, 0.4) is 0 Å². The van der Waals surface area contributed by atoms with E-state index < -0.39 is 12.1 Å². The van der Waals surface area contributed by atoms with Gasteiger partial charge in [0.25, 0.3) is 0 Å². The lowest BCUT2D eigenvalue weighted by molar-refractivity contribution is -0.137. The first-order valence-corrected chi connectivity index (χ1v) is 5.92. The molecule has 98 valence electrons. The number of aliphatic hydroxyl groups is 1. The molecule has 1 rings (SSSR count). The van der Waals surface area contributed by atoms with Crippen LogP contribution in [0.25, 0.3) is 0 Å². The van der Waals surface area contributed by atoms with Crippen molar-refractivity contribution in [1.82, 2.24) is 10.2 Å². The largest absolute Gasteiger partial charge is 0.392 e. The van der Waals surface area contributed by atoms with E-state index in [1.807, 2.05) is 20.8 Å². The zero-order valence-corrected chi connectivity index (χ0v) is 11.0.